The highest BCUT2D eigenvalue weighted by molar-refractivity contribution is 6.12. The Labute approximate surface area is 262 Å². The number of benzene rings is 5. The summed E-state index contributed by atoms with van der Waals surface area (Å²) in [4.78, 5) is 38.5. The summed E-state index contributed by atoms with van der Waals surface area (Å²) >= 11 is 0. The summed E-state index contributed by atoms with van der Waals surface area (Å²) in [7, 11) is 0. The number of rotatable bonds is 14. The summed E-state index contributed by atoms with van der Waals surface area (Å²) in [5, 5.41) is 16.0. The van der Waals surface area contributed by atoms with E-state index in [-0.39, 0.29) is 24.7 Å². The monoisotopic (exact) mass is 598 g/mol. The molecule has 0 spiro atoms. The Morgan fingerprint density at radius 1 is 0.667 bits per heavy atom. The molecule has 5 rings (SSSR count). The number of carbonyl (C=O) groups excluding carboxylic acids is 2. The number of aliphatic carboxylic acids is 1. The van der Waals surface area contributed by atoms with Crippen LogP contribution in [0.4, 0.5) is 5.69 Å². The Bertz CT molecular complexity index is 1670. The van der Waals surface area contributed by atoms with Crippen molar-refractivity contribution in [3.05, 3.63) is 167 Å². The molecule has 5 aromatic rings. The zero-order chi connectivity index (χ0) is 31.4. The number of ether oxygens (including phenoxy) is 1. The molecule has 0 saturated carbocycles. The zero-order valence-corrected chi connectivity index (χ0v) is 24.6. The average Bonchev–Trinajstić information content (AvgIpc) is 3.08. The van der Waals surface area contributed by atoms with Gasteiger partial charge in [0, 0.05) is 23.2 Å². The maximum atomic E-state index is 13.2. The van der Waals surface area contributed by atoms with Crippen LogP contribution in [0.3, 0.4) is 0 Å². The van der Waals surface area contributed by atoms with Gasteiger partial charge in [-0.3, -0.25) is 9.59 Å². The lowest BCUT2D eigenvalue weighted by atomic mass is 9.90. The van der Waals surface area contributed by atoms with Crippen molar-refractivity contribution in [2.24, 2.45) is 0 Å². The SMILES string of the molecule is O=C(c1ccccc1)c1ccccc1N[C@@H](Cc1ccc(OCCNC(=O)C(c2ccccc2)c2ccccc2)cc1)C(=O)O. The van der Waals surface area contributed by atoms with Gasteiger partial charge in [-0.05, 0) is 41.0 Å². The Balaban J connectivity index is 1.16. The fraction of sp³-hybridized carbons (Fsp3) is 0.132. The predicted octanol–water partition coefficient (Wildman–Crippen LogP) is 6.35. The van der Waals surface area contributed by atoms with Crippen molar-refractivity contribution in [2.75, 3.05) is 18.5 Å². The van der Waals surface area contributed by atoms with Gasteiger partial charge in [0.2, 0.25) is 5.91 Å². The molecule has 7 nitrogen and oxygen atoms in total. The molecule has 0 unspecified atom stereocenters. The molecule has 45 heavy (non-hydrogen) atoms. The molecular formula is C38H34N2O5. The van der Waals surface area contributed by atoms with Crippen LogP contribution >= 0.6 is 0 Å². The predicted molar refractivity (Wildman–Crippen MR) is 175 cm³/mol. The van der Waals surface area contributed by atoms with Crippen LogP contribution in [0.15, 0.2) is 140 Å². The van der Waals surface area contributed by atoms with Crippen LogP contribution < -0.4 is 15.4 Å². The van der Waals surface area contributed by atoms with E-state index < -0.39 is 17.9 Å². The van der Waals surface area contributed by atoms with Crippen LogP contribution in [0.2, 0.25) is 0 Å². The fourth-order valence-electron chi connectivity index (χ4n) is 5.13. The number of carboxylic acids is 1. The first-order valence-corrected chi connectivity index (χ1v) is 14.8. The van der Waals surface area contributed by atoms with Gasteiger partial charge in [-0.25, -0.2) is 4.79 Å². The molecule has 7 heteroatoms. The molecule has 0 aliphatic carbocycles. The molecule has 0 radical (unpaired) electrons. The van der Waals surface area contributed by atoms with E-state index in [9.17, 15) is 19.5 Å². The summed E-state index contributed by atoms with van der Waals surface area (Å²) < 4.78 is 5.85. The van der Waals surface area contributed by atoms with Gasteiger partial charge in [0.05, 0.1) is 12.5 Å². The van der Waals surface area contributed by atoms with Crippen LogP contribution in [-0.2, 0) is 16.0 Å². The molecule has 0 aliphatic heterocycles. The largest absolute Gasteiger partial charge is 0.492 e. The Hall–Kier alpha value is -5.69. The van der Waals surface area contributed by atoms with Crippen molar-refractivity contribution in [1.29, 1.82) is 0 Å². The van der Waals surface area contributed by atoms with Crippen molar-refractivity contribution in [2.45, 2.75) is 18.4 Å². The Kier molecular flexibility index (Phi) is 10.4. The number of amides is 1. The van der Waals surface area contributed by atoms with Crippen LogP contribution in [-0.4, -0.2) is 42.0 Å². The van der Waals surface area contributed by atoms with E-state index in [1.807, 2.05) is 78.9 Å². The number of hydrogen-bond donors (Lipinski definition) is 3. The first-order valence-electron chi connectivity index (χ1n) is 14.8. The van der Waals surface area contributed by atoms with Crippen molar-refractivity contribution < 1.29 is 24.2 Å². The topological polar surface area (TPSA) is 105 Å². The number of para-hydroxylation sites is 1. The third-order valence-corrected chi connectivity index (χ3v) is 7.40. The minimum atomic E-state index is -1.03. The average molecular weight is 599 g/mol. The van der Waals surface area contributed by atoms with E-state index in [4.69, 9.17) is 4.74 Å². The molecule has 1 atom stereocenters. The summed E-state index contributed by atoms with van der Waals surface area (Å²) in [6.45, 7) is 0.593. The quantitative estimate of drug-likeness (QED) is 0.102. The van der Waals surface area contributed by atoms with Crippen LogP contribution in [0.1, 0.15) is 38.5 Å². The maximum Gasteiger partial charge on any atom is 0.326 e. The minimum absolute atomic E-state index is 0.106. The van der Waals surface area contributed by atoms with Gasteiger partial charge in [0.15, 0.2) is 5.78 Å². The third kappa shape index (κ3) is 8.24. The van der Waals surface area contributed by atoms with E-state index >= 15 is 0 Å². The molecule has 1 amide bonds. The van der Waals surface area contributed by atoms with Crippen LogP contribution in [0.5, 0.6) is 5.75 Å². The summed E-state index contributed by atoms with van der Waals surface area (Å²) in [5.41, 5.74) is 4.01. The van der Waals surface area contributed by atoms with Crippen molar-refractivity contribution in [3.8, 4) is 5.75 Å². The molecule has 226 valence electrons. The second-order valence-corrected chi connectivity index (χ2v) is 10.5. The molecule has 0 heterocycles. The highest BCUT2D eigenvalue weighted by atomic mass is 16.5. The van der Waals surface area contributed by atoms with Gasteiger partial charge in [0.25, 0.3) is 0 Å². The number of ketones is 1. The number of nitrogens with one attached hydrogen (secondary N) is 2. The van der Waals surface area contributed by atoms with E-state index in [0.29, 0.717) is 29.1 Å². The second-order valence-electron chi connectivity index (χ2n) is 10.5. The van der Waals surface area contributed by atoms with Crippen molar-refractivity contribution >= 4 is 23.3 Å². The van der Waals surface area contributed by atoms with Gasteiger partial charge < -0.3 is 20.5 Å². The molecule has 5 aromatic carbocycles. The maximum absolute atomic E-state index is 13.2. The molecule has 3 N–H and O–H groups in total. The minimum Gasteiger partial charge on any atom is -0.492 e. The van der Waals surface area contributed by atoms with Gasteiger partial charge in [0.1, 0.15) is 18.4 Å². The lowest BCUT2D eigenvalue weighted by molar-refractivity contribution is -0.137. The summed E-state index contributed by atoms with van der Waals surface area (Å²) in [6.07, 6.45) is 0.194. The first-order chi connectivity index (χ1) is 22.0. The lowest BCUT2D eigenvalue weighted by Crippen LogP contribution is -2.33. The molecule has 0 bridgehead atoms. The van der Waals surface area contributed by atoms with E-state index in [2.05, 4.69) is 10.6 Å². The van der Waals surface area contributed by atoms with Crippen molar-refractivity contribution in [3.63, 3.8) is 0 Å². The Morgan fingerprint density at radius 3 is 1.82 bits per heavy atom. The first kappa shape index (κ1) is 30.8. The molecule has 0 fully saturated rings. The molecule has 0 saturated heterocycles. The fourth-order valence-corrected chi connectivity index (χ4v) is 5.13. The zero-order valence-electron chi connectivity index (χ0n) is 24.6. The van der Waals surface area contributed by atoms with Gasteiger partial charge in [-0.1, -0.05) is 115 Å². The van der Waals surface area contributed by atoms with E-state index in [1.54, 1.807) is 60.7 Å². The number of hydrogen-bond acceptors (Lipinski definition) is 5. The highest BCUT2D eigenvalue weighted by Crippen LogP contribution is 2.25. The van der Waals surface area contributed by atoms with Crippen molar-refractivity contribution in [1.82, 2.24) is 5.32 Å². The molecular weight excluding hydrogens is 564 g/mol. The summed E-state index contributed by atoms with van der Waals surface area (Å²) in [6, 6.07) is 41.4. The van der Waals surface area contributed by atoms with Gasteiger partial charge >= 0.3 is 5.97 Å². The number of carboxylic acid groups (broad SMARTS) is 1. The normalized spacial score (nSPS) is 11.4. The second kappa shape index (κ2) is 15.2. The van der Waals surface area contributed by atoms with Gasteiger partial charge in [-0.15, -0.1) is 0 Å². The van der Waals surface area contributed by atoms with E-state index in [1.165, 1.54) is 0 Å². The standard InChI is InChI=1S/C38H34N2O5/c41-36(30-16-8-3-9-17-30)32-18-10-11-19-33(32)40-34(38(43)44)26-27-20-22-31(23-21-27)45-25-24-39-37(42)35(28-12-4-1-5-13-28)29-14-6-2-7-15-29/h1-23,34-35,40H,24-26H2,(H,39,42)(H,43,44)/t34-/m0/s1. The number of carbonyl (C=O) groups is 3. The lowest BCUT2D eigenvalue weighted by Gasteiger charge is -2.19. The highest BCUT2D eigenvalue weighted by Gasteiger charge is 2.23. The van der Waals surface area contributed by atoms with Gasteiger partial charge in [-0.2, -0.15) is 0 Å². The summed E-state index contributed by atoms with van der Waals surface area (Å²) in [5.74, 6) is -1.14. The van der Waals surface area contributed by atoms with E-state index in [0.717, 1.165) is 16.7 Å². The molecule has 0 aromatic heterocycles. The smallest absolute Gasteiger partial charge is 0.326 e. The molecule has 0 aliphatic rings. The van der Waals surface area contributed by atoms with Crippen LogP contribution in [0, 0.1) is 0 Å². The number of anilines is 1. The Morgan fingerprint density at radius 2 is 1.22 bits per heavy atom. The third-order valence-electron chi connectivity index (χ3n) is 7.40. The van der Waals surface area contributed by atoms with Crippen LogP contribution in [0.25, 0.3) is 0 Å².